The Bertz CT molecular complexity index is 1370. The average molecular weight is 589 g/mol. The van der Waals surface area contributed by atoms with Crippen molar-refractivity contribution in [3.63, 3.8) is 0 Å². The fourth-order valence-electron chi connectivity index (χ4n) is 6.33. The second-order valence-corrected chi connectivity index (χ2v) is 12.1. The lowest BCUT2D eigenvalue weighted by Gasteiger charge is -2.27. The van der Waals surface area contributed by atoms with Gasteiger partial charge in [0.2, 0.25) is 11.8 Å². The first-order chi connectivity index (χ1) is 21.3. The predicted octanol–water partition coefficient (Wildman–Crippen LogP) is 6.43. The van der Waals surface area contributed by atoms with Crippen molar-refractivity contribution in [2.45, 2.75) is 63.9 Å². The maximum absolute atomic E-state index is 12.4. The number of nitrogens with one attached hydrogen (secondary N) is 4. The van der Waals surface area contributed by atoms with E-state index in [0.29, 0.717) is 0 Å². The maximum atomic E-state index is 12.4. The van der Waals surface area contributed by atoms with Gasteiger partial charge in [-0.2, -0.15) is 0 Å². The highest BCUT2D eigenvalue weighted by molar-refractivity contribution is 5.80. The van der Waals surface area contributed by atoms with Crippen LogP contribution in [0, 0.1) is 11.8 Å². The summed E-state index contributed by atoms with van der Waals surface area (Å²) >= 11 is 0. The van der Waals surface area contributed by atoms with E-state index < -0.39 is 0 Å². The Morgan fingerprint density at radius 2 is 0.636 bits per heavy atom. The number of benzene rings is 4. The van der Waals surface area contributed by atoms with E-state index in [2.05, 4.69) is 83.6 Å². The summed E-state index contributed by atoms with van der Waals surface area (Å²) in [6.45, 7) is 8.09. The SMILES string of the molecule is C[C@@H]1C(=O)N[C@H](C)[C@@H](c2ccccc2)N[C@H]1c1ccccc1.C[C@@H]1NC(=O)[C@H](C)[C@@H](c2ccccc2)N[C@H]1c1ccccc1. The molecule has 6 heteroatoms. The lowest BCUT2D eigenvalue weighted by atomic mass is 9.93. The van der Waals surface area contributed by atoms with E-state index in [1.807, 2.05) is 86.6 Å². The van der Waals surface area contributed by atoms with Crippen molar-refractivity contribution < 1.29 is 9.59 Å². The molecule has 6 rings (SSSR count). The third-order valence-corrected chi connectivity index (χ3v) is 8.92. The van der Waals surface area contributed by atoms with Crippen molar-refractivity contribution in [2.75, 3.05) is 0 Å². The summed E-state index contributed by atoms with van der Waals surface area (Å²) in [5.41, 5.74) is 4.70. The molecule has 8 atom stereocenters. The van der Waals surface area contributed by atoms with Crippen molar-refractivity contribution in [1.82, 2.24) is 21.3 Å². The summed E-state index contributed by atoms with van der Waals surface area (Å²) in [5.74, 6) is -0.0170. The molecule has 0 aromatic heterocycles. The van der Waals surface area contributed by atoms with Crippen LogP contribution in [0.2, 0.25) is 0 Å². The van der Waals surface area contributed by atoms with E-state index in [0.717, 1.165) is 11.1 Å². The molecule has 228 valence electrons. The zero-order valence-corrected chi connectivity index (χ0v) is 26.0. The molecule has 4 aromatic rings. The van der Waals surface area contributed by atoms with Crippen LogP contribution in [0.3, 0.4) is 0 Å². The zero-order chi connectivity index (χ0) is 31.1. The highest BCUT2D eigenvalue weighted by Crippen LogP contribution is 2.32. The van der Waals surface area contributed by atoms with Crippen LogP contribution >= 0.6 is 0 Å². The normalized spacial score (nSPS) is 28.7. The summed E-state index contributed by atoms with van der Waals surface area (Å²) in [4.78, 5) is 24.9. The molecule has 2 heterocycles. The molecule has 0 radical (unpaired) electrons. The Balaban J connectivity index is 0.000000175. The molecule has 2 fully saturated rings. The molecule has 0 saturated carbocycles. The molecule has 0 bridgehead atoms. The molecule has 2 aliphatic rings. The fourth-order valence-corrected chi connectivity index (χ4v) is 6.33. The summed E-state index contributed by atoms with van der Waals surface area (Å²) in [6.07, 6.45) is 0. The first-order valence-corrected chi connectivity index (χ1v) is 15.7. The Morgan fingerprint density at radius 3 is 0.909 bits per heavy atom. The number of hydrogen-bond acceptors (Lipinski definition) is 4. The van der Waals surface area contributed by atoms with Crippen LogP contribution < -0.4 is 21.3 Å². The molecule has 4 aromatic carbocycles. The predicted molar refractivity (Wildman–Crippen MR) is 177 cm³/mol. The summed E-state index contributed by atoms with van der Waals surface area (Å²) in [7, 11) is 0. The topological polar surface area (TPSA) is 82.3 Å². The third kappa shape index (κ3) is 7.26. The van der Waals surface area contributed by atoms with Gasteiger partial charge >= 0.3 is 0 Å². The van der Waals surface area contributed by atoms with E-state index in [9.17, 15) is 9.59 Å². The maximum Gasteiger partial charge on any atom is 0.225 e. The minimum Gasteiger partial charge on any atom is -0.351 e. The Kier molecular flexibility index (Phi) is 10.3. The molecule has 0 unspecified atom stereocenters. The molecule has 0 aliphatic carbocycles. The van der Waals surface area contributed by atoms with Crippen molar-refractivity contribution in [1.29, 1.82) is 0 Å². The summed E-state index contributed by atoms with van der Waals surface area (Å²) in [6, 6.07) is 41.4. The van der Waals surface area contributed by atoms with Gasteiger partial charge in [0.05, 0.1) is 23.9 Å². The number of carbonyl (C=O) groups excluding carboxylic acids is 2. The van der Waals surface area contributed by atoms with Crippen LogP contribution in [0.1, 0.15) is 74.1 Å². The molecule has 2 amide bonds. The van der Waals surface area contributed by atoms with Gasteiger partial charge in [-0.25, -0.2) is 0 Å². The van der Waals surface area contributed by atoms with Gasteiger partial charge in [-0.05, 0) is 36.1 Å². The van der Waals surface area contributed by atoms with Crippen molar-refractivity contribution in [3.05, 3.63) is 144 Å². The molecule has 44 heavy (non-hydrogen) atoms. The van der Waals surface area contributed by atoms with E-state index in [-0.39, 0.29) is 59.9 Å². The Hall–Kier alpha value is -4.26. The standard InChI is InChI=1S/2C19H22N2O/c2*1-13-17(15-9-5-3-6-10-15)21-18(14(2)20-19(13)22)16-11-7-4-8-12-16/h2*3-14,17-18,21H,1-2H3,(H,20,22)/t2*13-,14+,17+,18-/m10/s1. The van der Waals surface area contributed by atoms with Gasteiger partial charge in [0.15, 0.2) is 0 Å². The largest absolute Gasteiger partial charge is 0.351 e. The smallest absolute Gasteiger partial charge is 0.225 e. The van der Waals surface area contributed by atoms with Crippen molar-refractivity contribution >= 4 is 11.8 Å². The molecule has 2 aliphatic heterocycles. The molecule has 0 spiro atoms. The minimum atomic E-state index is -0.112. The molecule has 4 N–H and O–H groups in total. The van der Waals surface area contributed by atoms with Crippen LogP contribution in [0.15, 0.2) is 121 Å². The molecular formula is C38H44N4O2. The van der Waals surface area contributed by atoms with Gasteiger partial charge in [-0.15, -0.1) is 0 Å². The fraction of sp³-hybridized carbons (Fsp3) is 0.316. The van der Waals surface area contributed by atoms with E-state index in [1.165, 1.54) is 11.1 Å². The van der Waals surface area contributed by atoms with Crippen LogP contribution in [-0.4, -0.2) is 23.9 Å². The second kappa shape index (κ2) is 14.5. The number of carbonyl (C=O) groups is 2. The average Bonchev–Trinajstić information content (AvgIpc) is 3.25. The number of amides is 2. The third-order valence-electron chi connectivity index (χ3n) is 8.92. The number of rotatable bonds is 4. The Morgan fingerprint density at radius 1 is 0.386 bits per heavy atom. The van der Waals surface area contributed by atoms with Gasteiger partial charge in [-0.1, -0.05) is 135 Å². The van der Waals surface area contributed by atoms with Gasteiger partial charge in [-0.3, -0.25) is 9.59 Å². The quantitative estimate of drug-likeness (QED) is 0.222. The van der Waals surface area contributed by atoms with E-state index in [1.54, 1.807) is 0 Å². The van der Waals surface area contributed by atoms with Gasteiger partial charge < -0.3 is 21.3 Å². The molecular weight excluding hydrogens is 544 g/mol. The second-order valence-electron chi connectivity index (χ2n) is 12.1. The number of hydrogen-bond donors (Lipinski definition) is 4. The lowest BCUT2D eigenvalue weighted by Crippen LogP contribution is -2.38. The Labute approximate surface area is 261 Å². The zero-order valence-electron chi connectivity index (χ0n) is 26.0. The minimum absolute atomic E-state index is 0.0105. The van der Waals surface area contributed by atoms with Gasteiger partial charge in [0, 0.05) is 24.2 Å². The summed E-state index contributed by atoms with van der Waals surface area (Å²) in [5, 5.41) is 13.7. The highest BCUT2D eigenvalue weighted by atomic mass is 16.2. The van der Waals surface area contributed by atoms with Crippen molar-refractivity contribution in [2.24, 2.45) is 11.8 Å². The first kappa shape index (κ1) is 31.2. The van der Waals surface area contributed by atoms with Gasteiger partial charge in [0.1, 0.15) is 0 Å². The molecule has 2 saturated heterocycles. The van der Waals surface area contributed by atoms with Crippen molar-refractivity contribution in [3.8, 4) is 0 Å². The van der Waals surface area contributed by atoms with Crippen LogP contribution in [0.5, 0.6) is 0 Å². The van der Waals surface area contributed by atoms with Gasteiger partial charge in [0.25, 0.3) is 0 Å². The van der Waals surface area contributed by atoms with Crippen LogP contribution in [0.4, 0.5) is 0 Å². The highest BCUT2D eigenvalue weighted by Gasteiger charge is 2.36. The van der Waals surface area contributed by atoms with Crippen LogP contribution in [0.25, 0.3) is 0 Å². The summed E-state index contributed by atoms with van der Waals surface area (Å²) < 4.78 is 0. The van der Waals surface area contributed by atoms with Crippen LogP contribution in [-0.2, 0) is 9.59 Å². The van der Waals surface area contributed by atoms with E-state index in [4.69, 9.17) is 0 Å². The monoisotopic (exact) mass is 588 g/mol. The molecule has 6 nitrogen and oxygen atoms in total. The lowest BCUT2D eigenvalue weighted by molar-refractivity contribution is -0.126. The van der Waals surface area contributed by atoms with E-state index >= 15 is 0 Å². The first-order valence-electron chi connectivity index (χ1n) is 15.7.